The summed E-state index contributed by atoms with van der Waals surface area (Å²) >= 11 is 0. The zero-order valence-electron chi connectivity index (χ0n) is 15.8. The van der Waals surface area contributed by atoms with Crippen molar-refractivity contribution in [1.29, 1.82) is 0 Å². The van der Waals surface area contributed by atoms with Crippen molar-refractivity contribution < 1.29 is 27.9 Å². The first-order valence-corrected chi connectivity index (χ1v) is 9.36. The highest BCUT2D eigenvalue weighted by Gasteiger charge is 2.26. The van der Waals surface area contributed by atoms with Gasteiger partial charge in [0.2, 0.25) is 5.76 Å². The summed E-state index contributed by atoms with van der Waals surface area (Å²) in [5.74, 6) is -2.15. The summed E-state index contributed by atoms with van der Waals surface area (Å²) in [6.45, 7) is 2.96. The first kappa shape index (κ1) is 19.9. The van der Waals surface area contributed by atoms with E-state index in [9.17, 15) is 18.8 Å². The number of imide groups is 1. The Morgan fingerprint density at radius 1 is 1.21 bits per heavy atom. The van der Waals surface area contributed by atoms with Crippen LogP contribution in [0.4, 0.5) is 9.18 Å². The van der Waals surface area contributed by atoms with E-state index in [1.165, 1.54) is 25.1 Å². The number of urea groups is 1. The van der Waals surface area contributed by atoms with Crippen molar-refractivity contribution in [2.24, 2.45) is 0 Å². The lowest BCUT2D eigenvalue weighted by Crippen LogP contribution is -2.48. The molecule has 1 aromatic heterocycles. The summed E-state index contributed by atoms with van der Waals surface area (Å²) < 4.78 is 23.9. The van der Waals surface area contributed by atoms with Crippen LogP contribution in [-0.4, -0.2) is 30.1 Å². The SMILES string of the molecule is Cc1c(C(=O)OC(C)C(=O)NC(=O)NC2CCCCC2)oc2ccc(F)cc12. The molecular formula is C20H23FN2O5. The Hall–Kier alpha value is -2.90. The van der Waals surface area contributed by atoms with Gasteiger partial charge in [0.05, 0.1) is 0 Å². The van der Waals surface area contributed by atoms with Gasteiger partial charge in [-0.1, -0.05) is 19.3 Å². The van der Waals surface area contributed by atoms with Crippen molar-refractivity contribution in [1.82, 2.24) is 10.6 Å². The summed E-state index contributed by atoms with van der Waals surface area (Å²) in [5.41, 5.74) is 0.761. The quantitative estimate of drug-likeness (QED) is 0.778. The van der Waals surface area contributed by atoms with Crippen LogP contribution in [-0.2, 0) is 9.53 Å². The predicted molar refractivity (Wildman–Crippen MR) is 99.3 cm³/mol. The maximum atomic E-state index is 13.4. The molecule has 1 atom stereocenters. The highest BCUT2D eigenvalue weighted by Crippen LogP contribution is 2.26. The smallest absolute Gasteiger partial charge is 0.375 e. The summed E-state index contributed by atoms with van der Waals surface area (Å²) in [4.78, 5) is 36.4. The van der Waals surface area contributed by atoms with Gasteiger partial charge in [0.25, 0.3) is 5.91 Å². The third-order valence-corrected chi connectivity index (χ3v) is 4.91. The molecule has 2 aromatic rings. The fraction of sp³-hybridized carbons (Fsp3) is 0.450. The Balaban J connectivity index is 1.58. The van der Waals surface area contributed by atoms with Crippen LogP contribution < -0.4 is 10.6 Å². The number of nitrogens with one attached hydrogen (secondary N) is 2. The molecule has 150 valence electrons. The largest absolute Gasteiger partial charge is 0.449 e. The molecule has 1 aliphatic carbocycles. The Labute approximate surface area is 161 Å². The lowest BCUT2D eigenvalue weighted by atomic mass is 9.96. The lowest BCUT2D eigenvalue weighted by molar-refractivity contribution is -0.128. The molecule has 1 saturated carbocycles. The summed E-state index contributed by atoms with van der Waals surface area (Å²) in [6, 6.07) is 3.35. The number of hydrogen-bond donors (Lipinski definition) is 2. The van der Waals surface area contributed by atoms with Gasteiger partial charge >= 0.3 is 12.0 Å². The monoisotopic (exact) mass is 390 g/mol. The molecule has 0 aliphatic heterocycles. The Bertz CT molecular complexity index is 901. The number of furan rings is 1. The molecule has 0 radical (unpaired) electrons. The number of amides is 3. The van der Waals surface area contributed by atoms with Gasteiger partial charge in [-0.2, -0.15) is 0 Å². The molecule has 2 N–H and O–H groups in total. The number of hydrogen-bond acceptors (Lipinski definition) is 5. The average molecular weight is 390 g/mol. The van der Waals surface area contributed by atoms with Crippen LogP contribution in [0.25, 0.3) is 11.0 Å². The van der Waals surface area contributed by atoms with E-state index in [4.69, 9.17) is 9.15 Å². The van der Waals surface area contributed by atoms with Crippen molar-refractivity contribution in [2.75, 3.05) is 0 Å². The Morgan fingerprint density at radius 3 is 2.64 bits per heavy atom. The zero-order valence-corrected chi connectivity index (χ0v) is 15.8. The average Bonchev–Trinajstić information content (AvgIpc) is 2.98. The van der Waals surface area contributed by atoms with Crippen LogP contribution in [0.5, 0.6) is 0 Å². The van der Waals surface area contributed by atoms with Crippen molar-refractivity contribution >= 4 is 28.9 Å². The molecule has 1 unspecified atom stereocenters. The Morgan fingerprint density at radius 2 is 1.93 bits per heavy atom. The van der Waals surface area contributed by atoms with Gasteiger partial charge in [0, 0.05) is 17.0 Å². The first-order chi connectivity index (χ1) is 13.3. The minimum atomic E-state index is -1.20. The van der Waals surface area contributed by atoms with Crippen LogP contribution in [0.3, 0.4) is 0 Å². The Kier molecular flexibility index (Phi) is 5.96. The van der Waals surface area contributed by atoms with Crippen LogP contribution in [0.15, 0.2) is 22.6 Å². The molecule has 28 heavy (non-hydrogen) atoms. The number of benzene rings is 1. The van der Waals surface area contributed by atoms with Crippen molar-refractivity contribution in [3.63, 3.8) is 0 Å². The highest BCUT2D eigenvalue weighted by molar-refractivity contribution is 6.00. The van der Waals surface area contributed by atoms with Crippen LogP contribution in [0.1, 0.15) is 55.1 Å². The molecule has 1 aliphatic rings. The molecule has 7 nitrogen and oxygen atoms in total. The molecule has 0 saturated heterocycles. The summed E-state index contributed by atoms with van der Waals surface area (Å²) in [7, 11) is 0. The number of halogens is 1. The lowest BCUT2D eigenvalue weighted by Gasteiger charge is -2.23. The van der Waals surface area contributed by atoms with Gasteiger partial charge in [0.1, 0.15) is 11.4 Å². The van der Waals surface area contributed by atoms with Crippen LogP contribution in [0.2, 0.25) is 0 Å². The molecular weight excluding hydrogens is 367 g/mol. The van der Waals surface area contributed by atoms with E-state index in [1.54, 1.807) is 6.92 Å². The van der Waals surface area contributed by atoms with E-state index >= 15 is 0 Å². The topological polar surface area (TPSA) is 97.6 Å². The maximum Gasteiger partial charge on any atom is 0.375 e. The number of fused-ring (bicyclic) bond motifs is 1. The van der Waals surface area contributed by atoms with Gasteiger partial charge in [-0.15, -0.1) is 0 Å². The van der Waals surface area contributed by atoms with Gasteiger partial charge in [-0.05, 0) is 44.9 Å². The minimum absolute atomic E-state index is 0.0537. The van der Waals surface area contributed by atoms with Crippen LogP contribution in [0, 0.1) is 12.7 Å². The second-order valence-corrected chi connectivity index (χ2v) is 7.04. The third kappa shape index (κ3) is 4.49. The number of carbonyl (C=O) groups is 3. The van der Waals surface area contributed by atoms with Crippen molar-refractivity contribution in [3.05, 3.63) is 35.3 Å². The molecule has 0 bridgehead atoms. The normalized spacial score (nSPS) is 15.8. The summed E-state index contributed by atoms with van der Waals surface area (Å²) in [5, 5.41) is 5.40. The first-order valence-electron chi connectivity index (χ1n) is 9.36. The number of esters is 1. The molecule has 3 rings (SSSR count). The van der Waals surface area contributed by atoms with Gasteiger partial charge < -0.3 is 14.5 Å². The van der Waals surface area contributed by atoms with Gasteiger partial charge in [-0.3, -0.25) is 10.1 Å². The fourth-order valence-electron chi connectivity index (χ4n) is 3.34. The van der Waals surface area contributed by atoms with Crippen molar-refractivity contribution in [2.45, 2.75) is 58.1 Å². The molecule has 0 spiro atoms. The fourth-order valence-corrected chi connectivity index (χ4v) is 3.34. The second kappa shape index (κ2) is 8.41. The van der Waals surface area contributed by atoms with E-state index in [2.05, 4.69) is 10.6 Å². The predicted octanol–water partition coefficient (Wildman–Crippen LogP) is 3.58. The van der Waals surface area contributed by atoms with Gasteiger partial charge in [0.15, 0.2) is 6.10 Å². The van der Waals surface area contributed by atoms with E-state index in [0.717, 1.165) is 32.1 Å². The highest BCUT2D eigenvalue weighted by atomic mass is 19.1. The number of rotatable bonds is 4. The minimum Gasteiger partial charge on any atom is -0.449 e. The standard InChI is InChI=1S/C20H23FN2O5/c1-11-15-10-13(21)8-9-16(15)28-17(11)19(25)27-12(2)18(24)23-20(26)22-14-6-4-3-5-7-14/h8-10,12,14H,3-7H2,1-2H3,(H2,22,23,24,26). The molecule has 1 fully saturated rings. The van der Waals surface area contributed by atoms with Crippen LogP contribution >= 0.6 is 0 Å². The summed E-state index contributed by atoms with van der Waals surface area (Å²) in [6.07, 6.45) is 3.82. The number of aryl methyl sites for hydroxylation is 1. The van der Waals surface area contributed by atoms with E-state index in [-0.39, 0.29) is 11.8 Å². The number of carbonyl (C=O) groups excluding carboxylic acids is 3. The van der Waals surface area contributed by atoms with E-state index in [0.29, 0.717) is 16.5 Å². The van der Waals surface area contributed by atoms with Gasteiger partial charge in [-0.25, -0.2) is 14.0 Å². The molecule has 1 heterocycles. The molecule has 1 aromatic carbocycles. The maximum absolute atomic E-state index is 13.4. The zero-order chi connectivity index (χ0) is 20.3. The third-order valence-electron chi connectivity index (χ3n) is 4.91. The molecule has 8 heteroatoms. The number of ether oxygens (including phenoxy) is 1. The van der Waals surface area contributed by atoms with Crippen molar-refractivity contribution in [3.8, 4) is 0 Å². The molecule has 3 amide bonds. The second-order valence-electron chi connectivity index (χ2n) is 7.04. The van der Waals surface area contributed by atoms with E-state index < -0.39 is 29.8 Å². The van der Waals surface area contributed by atoms with E-state index in [1.807, 2.05) is 0 Å².